The van der Waals surface area contributed by atoms with Crippen molar-refractivity contribution in [1.29, 1.82) is 0 Å². The van der Waals surface area contributed by atoms with Crippen LogP contribution in [0, 0.1) is 15.9 Å². The molecule has 1 aromatic carbocycles. The third-order valence-electron chi connectivity index (χ3n) is 3.33. The van der Waals surface area contributed by atoms with Crippen LogP contribution in [0.1, 0.15) is 5.56 Å². The molecule has 0 radical (unpaired) electrons. The van der Waals surface area contributed by atoms with E-state index in [2.05, 4.69) is 10.3 Å². The fourth-order valence-corrected chi connectivity index (χ4v) is 2.19. The summed E-state index contributed by atoms with van der Waals surface area (Å²) in [6.45, 7) is -1.22. The van der Waals surface area contributed by atoms with E-state index in [1.165, 1.54) is 18.2 Å². The smallest absolute Gasteiger partial charge is 0.311 e. The van der Waals surface area contributed by atoms with Crippen LogP contribution >= 0.6 is 11.6 Å². The van der Waals surface area contributed by atoms with E-state index in [1.807, 2.05) is 0 Å². The van der Waals surface area contributed by atoms with Gasteiger partial charge < -0.3 is 15.5 Å². The summed E-state index contributed by atoms with van der Waals surface area (Å²) >= 11 is 5.76. The Kier molecular flexibility index (Phi) is 5.09. The monoisotopic (exact) mass is 341 g/mol. The van der Waals surface area contributed by atoms with Crippen LogP contribution in [-0.4, -0.2) is 33.3 Å². The second kappa shape index (κ2) is 6.86. The van der Waals surface area contributed by atoms with Crippen LogP contribution in [0.3, 0.4) is 0 Å². The number of aliphatic hydroxyl groups excluding tert-OH is 2. The molecule has 0 atom stereocenters. The molecule has 2 rings (SSSR count). The van der Waals surface area contributed by atoms with Crippen molar-refractivity contribution >= 4 is 23.1 Å². The standard InChI is InChI=1S/C14H13ClFN3O4/c15-12-6-5-11(19(22)23)13(17-12)18-14(7-20,8-21)9-1-3-10(16)4-2-9/h1-6,20-21H,7-8H2,(H,17,18). The molecule has 0 fully saturated rings. The van der Waals surface area contributed by atoms with Crippen LogP contribution in [-0.2, 0) is 5.54 Å². The molecule has 3 N–H and O–H groups in total. The number of benzene rings is 1. The number of nitrogens with zero attached hydrogens (tertiary/aromatic N) is 2. The van der Waals surface area contributed by atoms with Gasteiger partial charge in [0.15, 0.2) is 0 Å². The molecular formula is C14H13ClFN3O4. The molecule has 0 aliphatic rings. The molecule has 0 spiro atoms. The average Bonchev–Trinajstić information content (AvgIpc) is 2.53. The summed E-state index contributed by atoms with van der Waals surface area (Å²) in [6, 6.07) is 7.41. The first kappa shape index (κ1) is 17.1. The zero-order valence-electron chi connectivity index (χ0n) is 11.7. The van der Waals surface area contributed by atoms with Crippen molar-refractivity contribution < 1.29 is 19.5 Å². The van der Waals surface area contributed by atoms with Crippen molar-refractivity contribution in [1.82, 2.24) is 4.98 Å². The number of nitrogens with one attached hydrogen (secondary N) is 1. The van der Waals surface area contributed by atoms with Crippen LogP contribution in [0.2, 0.25) is 5.15 Å². The molecule has 0 aliphatic heterocycles. The van der Waals surface area contributed by atoms with Crippen LogP contribution in [0.5, 0.6) is 0 Å². The molecule has 0 aliphatic carbocycles. The summed E-state index contributed by atoms with van der Waals surface area (Å²) in [4.78, 5) is 14.2. The van der Waals surface area contributed by atoms with E-state index in [4.69, 9.17) is 11.6 Å². The van der Waals surface area contributed by atoms with Gasteiger partial charge in [0.1, 0.15) is 16.5 Å². The van der Waals surface area contributed by atoms with Gasteiger partial charge in [0.25, 0.3) is 0 Å². The van der Waals surface area contributed by atoms with Crippen LogP contribution in [0.15, 0.2) is 36.4 Å². The van der Waals surface area contributed by atoms with E-state index in [9.17, 15) is 24.7 Å². The van der Waals surface area contributed by atoms with Crippen LogP contribution < -0.4 is 5.32 Å². The molecule has 0 saturated heterocycles. The van der Waals surface area contributed by atoms with Gasteiger partial charge in [-0.05, 0) is 23.8 Å². The molecular weight excluding hydrogens is 329 g/mol. The summed E-state index contributed by atoms with van der Waals surface area (Å²) < 4.78 is 13.1. The van der Waals surface area contributed by atoms with Gasteiger partial charge in [-0.25, -0.2) is 9.37 Å². The third kappa shape index (κ3) is 3.55. The maximum absolute atomic E-state index is 13.1. The van der Waals surface area contributed by atoms with E-state index in [0.717, 1.165) is 18.2 Å². The van der Waals surface area contributed by atoms with Crippen LogP contribution in [0.25, 0.3) is 0 Å². The molecule has 0 unspecified atom stereocenters. The Balaban J connectivity index is 2.50. The highest BCUT2D eigenvalue weighted by Gasteiger charge is 2.34. The van der Waals surface area contributed by atoms with Crippen molar-refractivity contribution in [3.63, 3.8) is 0 Å². The topological polar surface area (TPSA) is 109 Å². The minimum Gasteiger partial charge on any atom is -0.393 e. The molecule has 0 amide bonds. The van der Waals surface area contributed by atoms with Gasteiger partial charge in [-0.2, -0.15) is 0 Å². The van der Waals surface area contributed by atoms with Gasteiger partial charge in [-0.15, -0.1) is 0 Å². The Morgan fingerprint density at radius 2 is 1.83 bits per heavy atom. The van der Waals surface area contributed by atoms with Gasteiger partial charge in [0.05, 0.1) is 18.1 Å². The van der Waals surface area contributed by atoms with Gasteiger partial charge in [0, 0.05) is 6.07 Å². The second-order valence-corrected chi connectivity index (χ2v) is 5.18. The second-order valence-electron chi connectivity index (χ2n) is 4.79. The molecule has 7 nitrogen and oxygen atoms in total. The fourth-order valence-electron chi connectivity index (χ4n) is 2.05. The number of anilines is 1. The molecule has 0 bridgehead atoms. The Morgan fingerprint density at radius 1 is 1.22 bits per heavy atom. The van der Waals surface area contributed by atoms with Crippen LogP contribution in [0.4, 0.5) is 15.9 Å². The molecule has 1 heterocycles. The Morgan fingerprint density at radius 3 is 2.35 bits per heavy atom. The summed E-state index contributed by atoms with van der Waals surface area (Å²) in [5, 5.41) is 33.2. The zero-order valence-corrected chi connectivity index (χ0v) is 12.5. The number of hydrogen-bond acceptors (Lipinski definition) is 6. The lowest BCUT2D eigenvalue weighted by atomic mass is 9.91. The van der Waals surface area contributed by atoms with Crippen molar-refractivity contribution in [2.45, 2.75) is 5.54 Å². The molecule has 23 heavy (non-hydrogen) atoms. The first-order valence-electron chi connectivity index (χ1n) is 6.49. The lowest BCUT2D eigenvalue weighted by Crippen LogP contribution is -2.43. The fraction of sp³-hybridized carbons (Fsp3) is 0.214. The van der Waals surface area contributed by atoms with Crippen molar-refractivity contribution in [3.05, 3.63) is 63.0 Å². The number of aromatic nitrogens is 1. The van der Waals surface area contributed by atoms with Crippen molar-refractivity contribution in [2.75, 3.05) is 18.5 Å². The predicted octanol–water partition coefficient (Wildman–Crippen LogP) is 2.07. The highest BCUT2D eigenvalue weighted by molar-refractivity contribution is 6.29. The first-order valence-corrected chi connectivity index (χ1v) is 6.86. The molecule has 122 valence electrons. The van der Waals surface area contributed by atoms with E-state index in [-0.39, 0.29) is 16.7 Å². The highest BCUT2D eigenvalue weighted by Crippen LogP contribution is 2.31. The Hall–Kier alpha value is -2.29. The van der Waals surface area contributed by atoms with E-state index >= 15 is 0 Å². The SMILES string of the molecule is O=[N+]([O-])c1ccc(Cl)nc1NC(CO)(CO)c1ccc(F)cc1. The van der Waals surface area contributed by atoms with Crippen molar-refractivity contribution in [2.24, 2.45) is 0 Å². The number of hydrogen-bond donors (Lipinski definition) is 3. The third-order valence-corrected chi connectivity index (χ3v) is 3.54. The Bertz CT molecular complexity index is 708. The number of pyridine rings is 1. The normalized spacial score (nSPS) is 11.3. The summed E-state index contributed by atoms with van der Waals surface area (Å²) in [5.74, 6) is -0.708. The lowest BCUT2D eigenvalue weighted by Gasteiger charge is -2.32. The van der Waals surface area contributed by atoms with E-state index < -0.39 is 29.5 Å². The lowest BCUT2D eigenvalue weighted by molar-refractivity contribution is -0.384. The maximum atomic E-state index is 13.1. The number of rotatable bonds is 6. The number of halogens is 2. The van der Waals surface area contributed by atoms with Gasteiger partial charge in [-0.1, -0.05) is 23.7 Å². The Labute approximate surface area is 135 Å². The largest absolute Gasteiger partial charge is 0.393 e. The minimum atomic E-state index is -1.49. The van der Waals surface area contributed by atoms with E-state index in [0.29, 0.717) is 5.56 Å². The average molecular weight is 342 g/mol. The predicted molar refractivity (Wildman–Crippen MR) is 81.8 cm³/mol. The van der Waals surface area contributed by atoms with E-state index in [1.54, 1.807) is 0 Å². The van der Waals surface area contributed by atoms with Gasteiger partial charge >= 0.3 is 5.69 Å². The number of nitro groups is 1. The molecule has 9 heteroatoms. The molecule has 1 aromatic heterocycles. The maximum Gasteiger partial charge on any atom is 0.311 e. The summed E-state index contributed by atoms with van der Waals surface area (Å²) in [6.07, 6.45) is 0. The van der Waals surface area contributed by atoms with Crippen molar-refractivity contribution in [3.8, 4) is 0 Å². The first-order chi connectivity index (χ1) is 10.9. The molecule has 2 aromatic rings. The highest BCUT2D eigenvalue weighted by atomic mass is 35.5. The quantitative estimate of drug-likeness (QED) is 0.421. The minimum absolute atomic E-state index is 0.00184. The summed E-state index contributed by atoms with van der Waals surface area (Å²) in [5.41, 5.74) is -1.53. The zero-order chi connectivity index (χ0) is 17.0. The van der Waals surface area contributed by atoms with Gasteiger partial charge in [0.2, 0.25) is 5.82 Å². The number of aliphatic hydroxyl groups is 2. The summed E-state index contributed by atoms with van der Waals surface area (Å²) in [7, 11) is 0. The van der Waals surface area contributed by atoms with Gasteiger partial charge in [-0.3, -0.25) is 10.1 Å². The molecule has 0 saturated carbocycles.